The van der Waals surface area contributed by atoms with Gasteiger partial charge in [0, 0.05) is 56.3 Å². The number of nitrogens with two attached hydrogens (primary N) is 1. The van der Waals surface area contributed by atoms with E-state index in [1.807, 2.05) is 0 Å². The van der Waals surface area contributed by atoms with Gasteiger partial charge in [-0.25, -0.2) is 19.2 Å². The van der Waals surface area contributed by atoms with Crippen molar-refractivity contribution in [3.05, 3.63) is 88.1 Å². The first-order chi connectivity index (χ1) is 20.5. The zero-order chi connectivity index (χ0) is 31.3. The Hall–Kier alpha value is -5.80. The number of anilines is 1. The number of likely N-dealkylation sites (N-methyl/N-ethyl adjacent to an activating group) is 1. The van der Waals surface area contributed by atoms with Crippen LogP contribution in [0.1, 0.15) is 29.9 Å². The molecular formula is C27H28FN9O6. The first kappa shape index (κ1) is 30.2. The topological polar surface area (TPSA) is 203 Å². The number of nitrogen functional groups attached to an aromatic ring is 1. The molecule has 0 saturated heterocycles. The highest BCUT2D eigenvalue weighted by molar-refractivity contribution is 5.95. The molecule has 2 heterocycles. The number of esters is 1. The molecule has 4 aromatic rings. The highest BCUT2D eigenvalue weighted by Gasteiger charge is 2.31. The van der Waals surface area contributed by atoms with Crippen molar-refractivity contribution >= 4 is 23.4 Å². The van der Waals surface area contributed by atoms with Crippen molar-refractivity contribution in [1.29, 1.82) is 5.41 Å². The summed E-state index contributed by atoms with van der Waals surface area (Å²) in [6, 6.07) is 9.23. The van der Waals surface area contributed by atoms with Crippen LogP contribution in [0.25, 0.3) is 5.95 Å². The summed E-state index contributed by atoms with van der Waals surface area (Å²) in [5.41, 5.74) is 5.62. The number of aromatic amines is 1. The molecule has 0 spiro atoms. The number of methoxy groups -OCH3 is 1. The van der Waals surface area contributed by atoms with Crippen LogP contribution in [0, 0.1) is 11.2 Å². The van der Waals surface area contributed by atoms with Crippen LogP contribution in [0.3, 0.4) is 0 Å². The Labute approximate surface area is 243 Å². The fourth-order valence-electron chi connectivity index (χ4n) is 3.82. The monoisotopic (exact) mass is 593 g/mol. The third kappa shape index (κ3) is 6.92. The van der Waals surface area contributed by atoms with Crippen LogP contribution in [0.2, 0.25) is 0 Å². The Kier molecular flexibility index (Phi) is 8.98. The molecule has 0 bridgehead atoms. The van der Waals surface area contributed by atoms with Gasteiger partial charge >= 0.3 is 23.9 Å². The maximum absolute atomic E-state index is 16.3. The van der Waals surface area contributed by atoms with Crippen LogP contribution in [0.15, 0.2) is 59.7 Å². The van der Waals surface area contributed by atoms with Gasteiger partial charge in [-0.15, -0.1) is 9.78 Å². The van der Waals surface area contributed by atoms with Gasteiger partial charge in [0.25, 0.3) is 5.95 Å². The molecule has 1 unspecified atom stereocenters. The Balaban J connectivity index is 1.85. The second kappa shape index (κ2) is 12.8. The SMILES string of the molecule is COc1cc(O[C@@H](OC(C)=O)C(=O)N(C)C)c(F)c(C(Nc2ccc(C(=N)N)cc2)c2nn(-c3ncccn3)c(=O)[nH]2)c1. The summed E-state index contributed by atoms with van der Waals surface area (Å²) in [6.07, 6.45) is 1.05. The van der Waals surface area contributed by atoms with E-state index in [1.54, 1.807) is 30.3 Å². The number of halogens is 1. The van der Waals surface area contributed by atoms with Gasteiger partial charge in [0.15, 0.2) is 17.4 Å². The number of nitrogens with zero attached hydrogens (tertiary/aromatic N) is 5. The lowest BCUT2D eigenvalue weighted by atomic mass is 10.0. The molecule has 5 N–H and O–H groups in total. The minimum absolute atomic E-state index is 0.0267. The number of rotatable bonds is 11. The first-order valence-electron chi connectivity index (χ1n) is 12.6. The highest BCUT2D eigenvalue weighted by atomic mass is 19.1. The minimum atomic E-state index is -1.80. The first-order valence-corrected chi connectivity index (χ1v) is 12.6. The number of H-pyrrole nitrogens is 1. The lowest BCUT2D eigenvalue weighted by Gasteiger charge is -2.24. The van der Waals surface area contributed by atoms with Gasteiger partial charge in [0.2, 0.25) is 0 Å². The van der Waals surface area contributed by atoms with Crippen molar-refractivity contribution in [3.63, 3.8) is 0 Å². The van der Waals surface area contributed by atoms with E-state index >= 15 is 4.39 Å². The van der Waals surface area contributed by atoms with E-state index in [0.29, 0.717) is 11.3 Å². The summed E-state index contributed by atoms with van der Waals surface area (Å²) in [6.45, 7) is 1.08. The zero-order valence-electron chi connectivity index (χ0n) is 23.5. The van der Waals surface area contributed by atoms with Gasteiger partial charge in [-0.1, -0.05) is 0 Å². The van der Waals surface area contributed by atoms with E-state index in [2.05, 4.69) is 25.4 Å². The molecule has 0 aliphatic rings. The van der Waals surface area contributed by atoms with E-state index in [9.17, 15) is 14.4 Å². The lowest BCUT2D eigenvalue weighted by molar-refractivity contribution is -0.175. The largest absolute Gasteiger partial charge is 0.497 e. The Morgan fingerprint density at radius 3 is 2.42 bits per heavy atom. The summed E-state index contributed by atoms with van der Waals surface area (Å²) in [5, 5.41) is 15.0. The highest BCUT2D eigenvalue weighted by Crippen LogP contribution is 2.35. The Bertz CT molecular complexity index is 1690. The number of hydrogen-bond acceptors (Lipinski definition) is 11. The van der Waals surface area contributed by atoms with Crippen LogP contribution < -0.4 is 26.2 Å². The molecule has 0 aliphatic heterocycles. The van der Waals surface area contributed by atoms with Gasteiger partial charge in [0.1, 0.15) is 17.6 Å². The smallest absolute Gasteiger partial charge is 0.350 e. The number of hydrogen-bond donors (Lipinski definition) is 4. The van der Waals surface area contributed by atoms with Gasteiger partial charge < -0.3 is 30.2 Å². The molecule has 15 nitrogen and oxygen atoms in total. The molecule has 0 saturated carbocycles. The number of aromatic nitrogens is 5. The second-order valence-electron chi connectivity index (χ2n) is 9.16. The van der Waals surface area contributed by atoms with Crippen molar-refractivity contribution in [2.75, 3.05) is 26.5 Å². The zero-order valence-corrected chi connectivity index (χ0v) is 23.5. The molecule has 16 heteroatoms. The van der Waals surface area contributed by atoms with E-state index in [0.717, 1.165) is 16.5 Å². The van der Waals surface area contributed by atoms with Gasteiger partial charge in [-0.05, 0) is 36.4 Å². The van der Waals surface area contributed by atoms with Crippen LogP contribution >= 0.6 is 0 Å². The number of amides is 1. The van der Waals surface area contributed by atoms with Crippen molar-refractivity contribution in [1.82, 2.24) is 29.6 Å². The molecule has 2 aromatic heterocycles. The molecule has 1 amide bonds. The quantitative estimate of drug-likeness (QED) is 0.0845. The molecule has 4 rings (SSSR count). The van der Waals surface area contributed by atoms with Gasteiger partial charge in [0.05, 0.1) is 7.11 Å². The molecule has 0 radical (unpaired) electrons. The Morgan fingerprint density at radius 2 is 1.84 bits per heavy atom. The summed E-state index contributed by atoms with van der Waals surface area (Å²) in [4.78, 5) is 49.0. The second-order valence-corrected chi connectivity index (χ2v) is 9.16. The van der Waals surface area contributed by atoms with Crippen LogP contribution in [-0.2, 0) is 14.3 Å². The molecule has 43 heavy (non-hydrogen) atoms. The molecular weight excluding hydrogens is 565 g/mol. The molecule has 2 atom stereocenters. The van der Waals surface area contributed by atoms with E-state index < -0.39 is 41.5 Å². The van der Waals surface area contributed by atoms with Crippen LogP contribution in [0.5, 0.6) is 11.5 Å². The summed E-state index contributed by atoms with van der Waals surface area (Å²) >= 11 is 0. The van der Waals surface area contributed by atoms with E-state index in [-0.39, 0.29) is 28.9 Å². The predicted octanol–water partition coefficient (Wildman–Crippen LogP) is 1.34. The van der Waals surface area contributed by atoms with Crippen molar-refractivity contribution in [2.24, 2.45) is 5.73 Å². The molecule has 2 aromatic carbocycles. The lowest BCUT2D eigenvalue weighted by Crippen LogP contribution is -2.40. The number of amidine groups is 1. The van der Waals surface area contributed by atoms with Crippen LogP contribution in [-0.4, -0.2) is 74.8 Å². The van der Waals surface area contributed by atoms with Crippen molar-refractivity contribution < 1.29 is 28.2 Å². The van der Waals surface area contributed by atoms with E-state index in [4.69, 9.17) is 25.4 Å². The van der Waals surface area contributed by atoms with Crippen LogP contribution in [0.4, 0.5) is 10.1 Å². The normalized spacial score (nSPS) is 12.1. The molecule has 0 fully saturated rings. The fourth-order valence-corrected chi connectivity index (χ4v) is 3.82. The summed E-state index contributed by atoms with van der Waals surface area (Å²) in [5.74, 6) is -3.17. The van der Waals surface area contributed by atoms with Gasteiger partial charge in [-0.2, -0.15) is 0 Å². The maximum Gasteiger partial charge on any atom is 0.350 e. The Morgan fingerprint density at radius 1 is 1.16 bits per heavy atom. The third-order valence-corrected chi connectivity index (χ3v) is 5.89. The van der Waals surface area contributed by atoms with Crippen molar-refractivity contribution in [2.45, 2.75) is 19.3 Å². The number of benzene rings is 2. The number of ether oxygens (including phenoxy) is 3. The average molecular weight is 594 g/mol. The number of nitrogens with one attached hydrogen (secondary N) is 3. The standard InChI is InChI=1S/C27H28FN9O6/c1-14(38)42-25(24(39)36(2)3)43-19-13-17(41-4)12-18(20(19)28)21(33-16-8-6-15(7-9-16)22(29)30)23-34-27(40)37(35-23)26-31-10-5-11-32-26/h5-13,21,25,33H,1-4H3,(H3,29,30)(H,34,35,40)/t21?,25-/m1/s1. The predicted molar refractivity (Wildman–Crippen MR) is 151 cm³/mol. The molecule has 224 valence electrons. The fraction of sp³-hybridized carbons (Fsp3) is 0.222. The number of carbonyl (C=O) groups excluding carboxylic acids is 2. The van der Waals surface area contributed by atoms with E-state index in [1.165, 1.54) is 45.7 Å². The van der Waals surface area contributed by atoms with Gasteiger partial charge in [-0.3, -0.25) is 20.0 Å². The number of carbonyl (C=O) groups is 2. The third-order valence-electron chi connectivity index (χ3n) is 5.89. The molecule has 0 aliphatic carbocycles. The minimum Gasteiger partial charge on any atom is -0.497 e. The summed E-state index contributed by atoms with van der Waals surface area (Å²) in [7, 11) is 4.16. The maximum atomic E-state index is 16.3. The average Bonchev–Trinajstić information content (AvgIpc) is 3.37. The summed E-state index contributed by atoms with van der Waals surface area (Å²) < 4.78 is 33.2. The van der Waals surface area contributed by atoms with Crippen molar-refractivity contribution in [3.8, 4) is 17.4 Å².